The molecule has 0 aliphatic carbocycles. The second-order valence-electron chi connectivity index (χ2n) is 9.84. The smallest absolute Gasteiger partial charge is 0.246 e. The summed E-state index contributed by atoms with van der Waals surface area (Å²) in [5.74, 6) is -0.781. The van der Waals surface area contributed by atoms with E-state index < -0.39 is 16.9 Å². The summed E-state index contributed by atoms with van der Waals surface area (Å²) in [6.07, 6.45) is 4.44. The molecule has 1 aliphatic heterocycles. The fourth-order valence-electron chi connectivity index (χ4n) is 4.58. The molecule has 0 aromatic heterocycles. The van der Waals surface area contributed by atoms with E-state index in [4.69, 9.17) is 11.6 Å². The number of benzene rings is 1. The van der Waals surface area contributed by atoms with Gasteiger partial charge in [0.05, 0.1) is 5.02 Å². The zero-order valence-electron chi connectivity index (χ0n) is 19.9. The first-order valence-electron chi connectivity index (χ1n) is 11.3. The largest absolute Gasteiger partial charge is 0.349 e. The maximum Gasteiger partial charge on any atom is 0.246 e. The summed E-state index contributed by atoms with van der Waals surface area (Å²) in [7, 11) is 0. The molecule has 0 bridgehead atoms. The molecule has 2 N–H and O–H groups in total. The zero-order valence-corrected chi connectivity index (χ0v) is 20.7. The molecule has 0 radical (unpaired) electrons. The van der Waals surface area contributed by atoms with Gasteiger partial charge in [0.1, 0.15) is 11.4 Å². The van der Waals surface area contributed by atoms with E-state index in [2.05, 4.69) is 29.0 Å². The molecule has 0 saturated carbocycles. The molecule has 1 aromatic rings. The van der Waals surface area contributed by atoms with Crippen LogP contribution in [0.4, 0.5) is 4.39 Å². The summed E-state index contributed by atoms with van der Waals surface area (Å²) in [5, 5.41) is 6.25. The Balaban J connectivity index is 2.24. The number of hydrogen-bond acceptors (Lipinski definition) is 3. The Morgan fingerprint density at radius 2 is 1.91 bits per heavy atom. The maximum absolute atomic E-state index is 13.6. The van der Waals surface area contributed by atoms with Crippen LogP contribution in [0.25, 0.3) is 0 Å². The maximum atomic E-state index is 13.6. The van der Waals surface area contributed by atoms with Gasteiger partial charge in [0, 0.05) is 18.5 Å². The van der Waals surface area contributed by atoms with Gasteiger partial charge >= 0.3 is 0 Å². The van der Waals surface area contributed by atoms with Crippen LogP contribution in [0.15, 0.2) is 30.9 Å². The highest BCUT2D eigenvalue weighted by molar-refractivity contribution is 6.30. The van der Waals surface area contributed by atoms with Crippen molar-refractivity contribution < 1.29 is 14.0 Å². The first-order valence-corrected chi connectivity index (χ1v) is 11.7. The van der Waals surface area contributed by atoms with Gasteiger partial charge in [0.15, 0.2) is 0 Å². The number of carbonyl (C=O) groups is 2. The van der Waals surface area contributed by atoms with Crippen LogP contribution in [0.1, 0.15) is 71.9 Å². The van der Waals surface area contributed by atoms with Gasteiger partial charge in [-0.3, -0.25) is 14.5 Å². The van der Waals surface area contributed by atoms with E-state index in [1.54, 1.807) is 18.2 Å². The average molecular weight is 466 g/mol. The van der Waals surface area contributed by atoms with Gasteiger partial charge in [-0.15, -0.1) is 6.58 Å². The summed E-state index contributed by atoms with van der Waals surface area (Å²) < 4.78 is 13.6. The van der Waals surface area contributed by atoms with Crippen molar-refractivity contribution in [2.24, 2.45) is 5.92 Å². The molecule has 1 aromatic carbocycles. The lowest BCUT2D eigenvalue weighted by atomic mass is 9.73. The molecule has 1 heterocycles. The monoisotopic (exact) mass is 465 g/mol. The topological polar surface area (TPSA) is 61.4 Å². The molecular weight excluding hydrogens is 429 g/mol. The summed E-state index contributed by atoms with van der Waals surface area (Å²) in [5.41, 5.74) is -0.437. The fourth-order valence-corrected chi connectivity index (χ4v) is 4.77. The first kappa shape index (κ1) is 26.3. The minimum Gasteiger partial charge on any atom is -0.349 e. The normalized spacial score (nSPS) is 18.5. The molecule has 1 aliphatic rings. The predicted octanol–water partition coefficient (Wildman–Crippen LogP) is 5.01. The molecule has 0 spiro atoms. The number of carbonyl (C=O) groups excluding carboxylic acids is 2. The van der Waals surface area contributed by atoms with Crippen LogP contribution in [0, 0.1) is 11.7 Å². The molecule has 2 rings (SSSR count). The highest BCUT2D eigenvalue weighted by Crippen LogP contribution is 2.36. The van der Waals surface area contributed by atoms with Crippen LogP contribution in [0.3, 0.4) is 0 Å². The fraction of sp³-hybridized carbons (Fsp3) is 0.600. The molecule has 2 atom stereocenters. The van der Waals surface area contributed by atoms with Crippen molar-refractivity contribution in [1.82, 2.24) is 15.5 Å². The van der Waals surface area contributed by atoms with Crippen LogP contribution >= 0.6 is 11.6 Å². The van der Waals surface area contributed by atoms with E-state index >= 15 is 0 Å². The lowest BCUT2D eigenvalue weighted by molar-refractivity contribution is -0.138. The minimum atomic E-state index is -0.984. The van der Waals surface area contributed by atoms with Crippen LogP contribution in [0.2, 0.25) is 5.02 Å². The first-order chi connectivity index (χ1) is 14.9. The van der Waals surface area contributed by atoms with Crippen LogP contribution < -0.4 is 10.6 Å². The number of allylic oxidation sites excluding steroid dienone is 1. The van der Waals surface area contributed by atoms with Gasteiger partial charge in [-0.25, -0.2) is 4.39 Å². The highest BCUT2D eigenvalue weighted by Gasteiger charge is 2.47. The van der Waals surface area contributed by atoms with Crippen molar-refractivity contribution in [3.8, 4) is 0 Å². The van der Waals surface area contributed by atoms with Crippen LogP contribution in [0.5, 0.6) is 0 Å². The van der Waals surface area contributed by atoms with Crippen molar-refractivity contribution in [1.29, 1.82) is 0 Å². The second-order valence-corrected chi connectivity index (χ2v) is 10.3. The molecule has 178 valence electrons. The third-order valence-electron chi connectivity index (χ3n) is 6.24. The Morgan fingerprint density at radius 1 is 1.28 bits per heavy atom. The highest BCUT2D eigenvalue weighted by atomic mass is 35.5. The number of halogens is 2. The zero-order chi connectivity index (χ0) is 24.1. The van der Waals surface area contributed by atoms with Crippen molar-refractivity contribution in [3.63, 3.8) is 0 Å². The Bertz CT molecular complexity index is 831. The molecule has 1 fully saturated rings. The van der Waals surface area contributed by atoms with Crippen molar-refractivity contribution in [2.75, 3.05) is 13.1 Å². The molecule has 7 heteroatoms. The molecule has 2 unspecified atom stereocenters. The number of rotatable bonds is 8. The summed E-state index contributed by atoms with van der Waals surface area (Å²) in [6.45, 7) is 14.7. The van der Waals surface area contributed by atoms with Gasteiger partial charge in [-0.2, -0.15) is 0 Å². The lowest BCUT2D eigenvalue weighted by Gasteiger charge is -2.46. The Labute approximate surface area is 196 Å². The summed E-state index contributed by atoms with van der Waals surface area (Å²) in [4.78, 5) is 28.0. The standard InChI is InChI=1S/C25H37ClFN3O2/c1-7-8-13-25(28-18(3)31,23(32)29-24(4,5)6)20-11-14-30(15-12-20)17(2)19-9-10-22(27)21(26)16-19/h7,9-10,16-17,20H,1,8,11-15H2,2-6H3,(H,28,31)(H,29,32). The van der Waals surface area contributed by atoms with Crippen molar-refractivity contribution in [3.05, 3.63) is 47.3 Å². The van der Waals surface area contributed by atoms with Crippen molar-refractivity contribution >= 4 is 23.4 Å². The van der Waals surface area contributed by atoms with Crippen molar-refractivity contribution in [2.45, 2.75) is 77.4 Å². The summed E-state index contributed by atoms with van der Waals surface area (Å²) >= 11 is 5.98. The Hall–Kier alpha value is -1.92. The van der Waals surface area contributed by atoms with Gasteiger partial charge < -0.3 is 10.6 Å². The summed E-state index contributed by atoms with van der Waals surface area (Å²) in [6, 6.07) is 4.91. The molecule has 5 nitrogen and oxygen atoms in total. The lowest BCUT2D eigenvalue weighted by Crippen LogP contribution is -2.66. The Kier molecular flexibility index (Phi) is 8.89. The van der Waals surface area contributed by atoms with Gasteiger partial charge in [0.2, 0.25) is 11.8 Å². The quantitative estimate of drug-likeness (QED) is 0.530. The van der Waals surface area contributed by atoms with Gasteiger partial charge in [-0.05, 0) is 90.1 Å². The minimum absolute atomic E-state index is 0.00560. The van der Waals surface area contributed by atoms with E-state index in [0.29, 0.717) is 12.8 Å². The predicted molar refractivity (Wildman–Crippen MR) is 128 cm³/mol. The second kappa shape index (κ2) is 10.8. The van der Waals surface area contributed by atoms with Crippen LogP contribution in [-0.4, -0.2) is 40.9 Å². The van der Waals surface area contributed by atoms with Gasteiger partial charge in [0.25, 0.3) is 0 Å². The number of nitrogens with zero attached hydrogens (tertiary/aromatic N) is 1. The van der Waals surface area contributed by atoms with E-state index in [1.165, 1.54) is 13.0 Å². The van der Waals surface area contributed by atoms with E-state index in [1.807, 2.05) is 20.8 Å². The molecule has 32 heavy (non-hydrogen) atoms. The number of likely N-dealkylation sites (tertiary alicyclic amines) is 1. The molecule has 2 amide bonds. The third-order valence-corrected chi connectivity index (χ3v) is 6.53. The van der Waals surface area contributed by atoms with Crippen LogP contribution in [-0.2, 0) is 9.59 Å². The number of amides is 2. The van der Waals surface area contributed by atoms with E-state index in [-0.39, 0.29) is 28.8 Å². The number of piperidine rings is 1. The Morgan fingerprint density at radius 3 is 2.41 bits per heavy atom. The van der Waals surface area contributed by atoms with E-state index in [0.717, 1.165) is 31.5 Å². The average Bonchev–Trinajstić information content (AvgIpc) is 2.71. The number of nitrogens with one attached hydrogen (secondary N) is 2. The van der Waals surface area contributed by atoms with Gasteiger partial charge in [-0.1, -0.05) is 23.7 Å². The molecular formula is C25H37ClFN3O2. The SMILES string of the molecule is C=CCCC(NC(C)=O)(C(=O)NC(C)(C)C)C1CCN(C(C)c2ccc(F)c(Cl)c2)CC1. The number of hydrogen-bond donors (Lipinski definition) is 2. The third kappa shape index (κ3) is 6.55. The van der Waals surface area contributed by atoms with E-state index in [9.17, 15) is 14.0 Å². The molecule has 1 saturated heterocycles.